The maximum atomic E-state index is 12.5. The molecule has 1 aromatic carbocycles. The number of benzene rings is 1. The van der Waals surface area contributed by atoms with E-state index < -0.39 is 6.03 Å². The number of rotatable bonds is 4. The molecule has 4 rings (SSSR count). The van der Waals surface area contributed by atoms with Crippen LogP contribution in [0.5, 0.6) is 0 Å². The van der Waals surface area contributed by atoms with E-state index in [0.717, 1.165) is 4.90 Å². The van der Waals surface area contributed by atoms with E-state index in [4.69, 9.17) is 8.94 Å². The molecule has 8 heteroatoms. The van der Waals surface area contributed by atoms with Crippen molar-refractivity contribution in [2.45, 2.75) is 6.54 Å². The Morgan fingerprint density at radius 1 is 1.08 bits per heavy atom. The van der Waals surface area contributed by atoms with Crippen LogP contribution in [0.1, 0.15) is 5.82 Å². The molecule has 0 unspecified atom stereocenters. The first-order valence-electron chi connectivity index (χ1n) is 7.26. The van der Waals surface area contributed by atoms with Gasteiger partial charge >= 0.3 is 6.03 Å². The lowest BCUT2D eigenvalue weighted by molar-refractivity contribution is -0.125. The quantitative estimate of drug-likeness (QED) is 0.684. The summed E-state index contributed by atoms with van der Waals surface area (Å²) in [6.45, 7) is -0.0586. The van der Waals surface area contributed by atoms with E-state index in [1.54, 1.807) is 24.3 Å². The molecule has 0 N–H and O–H groups in total. The molecule has 0 saturated carbocycles. The molecule has 0 bridgehead atoms. The highest BCUT2D eigenvalue weighted by Crippen LogP contribution is 2.22. The van der Waals surface area contributed by atoms with Crippen molar-refractivity contribution < 1.29 is 18.5 Å². The number of nitrogens with zero attached hydrogens (tertiary/aromatic N) is 4. The van der Waals surface area contributed by atoms with Gasteiger partial charge in [-0.05, 0) is 24.3 Å². The number of imide groups is 1. The first kappa shape index (κ1) is 14.2. The second kappa shape index (κ2) is 5.65. The van der Waals surface area contributed by atoms with Gasteiger partial charge < -0.3 is 8.94 Å². The summed E-state index contributed by atoms with van der Waals surface area (Å²) in [7, 11) is 0. The molecule has 3 heterocycles. The number of carbonyl (C=O) groups is 2. The minimum Gasteiger partial charge on any atom is -0.459 e. The normalized spacial score (nSPS) is 14.7. The fraction of sp³-hybridized carbons (Fsp3) is 0.125. The summed E-state index contributed by atoms with van der Waals surface area (Å²) >= 11 is 0. The van der Waals surface area contributed by atoms with Gasteiger partial charge in [-0.1, -0.05) is 23.4 Å². The first-order chi connectivity index (χ1) is 11.7. The predicted octanol–water partition coefficient (Wildman–Crippen LogP) is 2.30. The van der Waals surface area contributed by atoms with E-state index in [9.17, 15) is 9.59 Å². The van der Waals surface area contributed by atoms with Gasteiger partial charge in [0.1, 0.15) is 6.54 Å². The molecule has 2 aromatic heterocycles. The van der Waals surface area contributed by atoms with Gasteiger partial charge in [-0.25, -0.2) is 4.79 Å². The van der Waals surface area contributed by atoms with Gasteiger partial charge in [0.2, 0.25) is 0 Å². The van der Waals surface area contributed by atoms with E-state index in [1.807, 2.05) is 18.2 Å². The van der Waals surface area contributed by atoms with Crippen LogP contribution in [0.25, 0.3) is 11.7 Å². The van der Waals surface area contributed by atoms with Gasteiger partial charge in [0.15, 0.2) is 11.6 Å². The third kappa shape index (κ3) is 2.43. The molecule has 1 aliphatic heterocycles. The number of hydrogen-bond acceptors (Lipinski definition) is 6. The Balaban J connectivity index is 1.53. The largest absolute Gasteiger partial charge is 0.459 e. The summed E-state index contributed by atoms with van der Waals surface area (Å²) in [5, 5.41) is 3.79. The molecule has 1 aliphatic rings. The van der Waals surface area contributed by atoms with Crippen molar-refractivity contribution in [1.82, 2.24) is 15.0 Å². The number of furan rings is 1. The fourth-order valence-corrected chi connectivity index (χ4v) is 2.47. The molecule has 1 saturated heterocycles. The van der Waals surface area contributed by atoms with Crippen LogP contribution in [0.15, 0.2) is 57.7 Å². The molecular formula is C16H12N4O4. The summed E-state index contributed by atoms with van der Waals surface area (Å²) in [6, 6.07) is 12.0. The second-order valence-corrected chi connectivity index (χ2v) is 5.18. The molecule has 120 valence electrons. The minimum atomic E-state index is -0.407. The molecule has 3 aromatic rings. The Kier molecular flexibility index (Phi) is 3.34. The summed E-state index contributed by atoms with van der Waals surface area (Å²) < 4.78 is 10.3. The average Bonchev–Trinajstić information content (AvgIpc) is 3.32. The van der Waals surface area contributed by atoms with Gasteiger partial charge in [0.25, 0.3) is 11.8 Å². The van der Waals surface area contributed by atoms with Gasteiger partial charge in [-0.2, -0.15) is 4.98 Å². The highest BCUT2D eigenvalue weighted by molar-refractivity contribution is 6.12. The number of anilines is 1. The maximum Gasteiger partial charge on any atom is 0.332 e. The Morgan fingerprint density at radius 3 is 2.67 bits per heavy atom. The van der Waals surface area contributed by atoms with Crippen LogP contribution < -0.4 is 4.90 Å². The zero-order chi connectivity index (χ0) is 16.5. The third-order valence-electron chi connectivity index (χ3n) is 3.62. The Morgan fingerprint density at radius 2 is 1.92 bits per heavy atom. The minimum absolute atomic E-state index is 0.00820. The van der Waals surface area contributed by atoms with Crippen LogP contribution in [0.4, 0.5) is 10.5 Å². The maximum absolute atomic E-state index is 12.5. The average molecular weight is 324 g/mol. The summed E-state index contributed by atoms with van der Waals surface area (Å²) in [4.78, 5) is 31.3. The fourth-order valence-electron chi connectivity index (χ4n) is 2.47. The van der Waals surface area contributed by atoms with Crippen molar-refractivity contribution in [3.63, 3.8) is 0 Å². The molecule has 24 heavy (non-hydrogen) atoms. The lowest BCUT2D eigenvalue weighted by Crippen LogP contribution is -2.32. The van der Waals surface area contributed by atoms with Crippen LogP contribution >= 0.6 is 0 Å². The standard InChI is InChI=1S/C16H12N4O4/c21-14-10-19(11-5-2-1-3-6-11)16(22)20(14)9-13-17-15(24-18-13)12-7-4-8-23-12/h1-8H,9-10H2. The number of aromatic nitrogens is 2. The molecule has 0 radical (unpaired) electrons. The molecule has 0 aliphatic carbocycles. The Labute approximate surface area is 136 Å². The molecule has 3 amide bonds. The van der Waals surface area contributed by atoms with E-state index in [-0.39, 0.29) is 30.7 Å². The number of hydrogen-bond donors (Lipinski definition) is 0. The smallest absolute Gasteiger partial charge is 0.332 e. The number of amides is 3. The predicted molar refractivity (Wildman–Crippen MR) is 81.7 cm³/mol. The van der Waals surface area contributed by atoms with Crippen molar-refractivity contribution >= 4 is 17.6 Å². The van der Waals surface area contributed by atoms with Crippen LogP contribution in [0.2, 0.25) is 0 Å². The van der Waals surface area contributed by atoms with Crippen LogP contribution in [0.3, 0.4) is 0 Å². The highest BCUT2D eigenvalue weighted by Gasteiger charge is 2.37. The molecule has 0 spiro atoms. The number of para-hydroxylation sites is 1. The zero-order valence-electron chi connectivity index (χ0n) is 12.5. The molecule has 8 nitrogen and oxygen atoms in total. The Bertz CT molecular complexity index is 873. The molecule has 0 atom stereocenters. The monoisotopic (exact) mass is 324 g/mol. The van der Waals surface area contributed by atoms with Crippen molar-refractivity contribution in [3.8, 4) is 11.7 Å². The molecule has 1 fully saturated rings. The van der Waals surface area contributed by atoms with E-state index >= 15 is 0 Å². The number of urea groups is 1. The van der Waals surface area contributed by atoms with E-state index in [2.05, 4.69) is 10.1 Å². The third-order valence-corrected chi connectivity index (χ3v) is 3.62. The first-order valence-corrected chi connectivity index (χ1v) is 7.26. The summed E-state index contributed by atoms with van der Waals surface area (Å²) in [5.74, 6) is 0.555. The second-order valence-electron chi connectivity index (χ2n) is 5.18. The lowest BCUT2D eigenvalue weighted by Gasteiger charge is -2.15. The van der Waals surface area contributed by atoms with Crippen molar-refractivity contribution in [1.29, 1.82) is 0 Å². The topological polar surface area (TPSA) is 92.7 Å². The van der Waals surface area contributed by atoms with Crippen LogP contribution in [0, 0.1) is 0 Å². The van der Waals surface area contributed by atoms with Crippen LogP contribution in [-0.2, 0) is 11.3 Å². The number of carbonyl (C=O) groups excluding carboxylic acids is 2. The van der Waals surface area contributed by atoms with E-state index in [1.165, 1.54) is 11.2 Å². The van der Waals surface area contributed by atoms with Gasteiger partial charge in [0, 0.05) is 5.69 Å². The summed E-state index contributed by atoms with van der Waals surface area (Å²) in [5.41, 5.74) is 0.669. The van der Waals surface area contributed by atoms with Gasteiger partial charge in [-0.15, -0.1) is 0 Å². The highest BCUT2D eigenvalue weighted by atomic mass is 16.5. The van der Waals surface area contributed by atoms with Crippen LogP contribution in [-0.4, -0.2) is 33.5 Å². The van der Waals surface area contributed by atoms with Crippen molar-refractivity contribution in [3.05, 3.63) is 54.6 Å². The Hall–Kier alpha value is -3.42. The van der Waals surface area contributed by atoms with Crippen molar-refractivity contribution in [2.24, 2.45) is 0 Å². The van der Waals surface area contributed by atoms with E-state index in [0.29, 0.717) is 11.4 Å². The zero-order valence-corrected chi connectivity index (χ0v) is 12.5. The SMILES string of the molecule is O=C1CN(c2ccccc2)C(=O)N1Cc1noc(-c2ccco2)n1. The van der Waals surface area contributed by atoms with Gasteiger partial charge in [-0.3, -0.25) is 14.6 Å². The molecular weight excluding hydrogens is 312 g/mol. The lowest BCUT2D eigenvalue weighted by atomic mass is 10.3. The summed E-state index contributed by atoms with van der Waals surface area (Å²) in [6.07, 6.45) is 1.49. The van der Waals surface area contributed by atoms with Gasteiger partial charge in [0.05, 0.1) is 12.8 Å². The van der Waals surface area contributed by atoms with Crippen molar-refractivity contribution in [2.75, 3.05) is 11.4 Å².